The molecule has 0 radical (unpaired) electrons. The largest absolute Gasteiger partial charge is 0.399 e. The number of anilines is 1. The molecule has 1 saturated heterocycles. The molecule has 1 heterocycles. The Labute approximate surface area is 120 Å². The first-order valence-electron chi connectivity index (χ1n) is 6.86. The second-order valence-corrected chi connectivity index (χ2v) is 7.07. The first-order chi connectivity index (χ1) is 9.40. The first-order valence-corrected chi connectivity index (χ1v) is 8.34. The molecular weight excluding hydrogens is 276 g/mol. The Morgan fingerprint density at radius 2 is 2.00 bits per heavy atom. The standard InChI is InChI=1S/C14H22N2O3S/c1-10-9-13(15)3-4-14(10)20(17,18)16-11(2)12-5-7-19-8-6-12/h3-4,9,11-12,16H,5-8,15H2,1-2H3. The van der Waals surface area contributed by atoms with E-state index in [4.69, 9.17) is 10.5 Å². The molecule has 20 heavy (non-hydrogen) atoms. The molecule has 1 aliphatic heterocycles. The highest BCUT2D eigenvalue weighted by Gasteiger charge is 2.26. The van der Waals surface area contributed by atoms with Crippen molar-refractivity contribution in [2.75, 3.05) is 18.9 Å². The van der Waals surface area contributed by atoms with E-state index in [0.717, 1.165) is 12.8 Å². The van der Waals surface area contributed by atoms with Gasteiger partial charge in [0.05, 0.1) is 4.90 Å². The fraction of sp³-hybridized carbons (Fsp3) is 0.571. The van der Waals surface area contributed by atoms with Gasteiger partial charge in [-0.2, -0.15) is 0 Å². The van der Waals surface area contributed by atoms with Gasteiger partial charge in [-0.15, -0.1) is 0 Å². The lowest BCUT2D eigenvalue weighted by Gasteiger charge is -2.28. The zero-order chi connectivity index (χ0) is 14.8. The van der Waals surface area contributed by atoms with Crippen LogP contribution in [-0.2, 0) is 14.8 Å². The molecule has 1 atom stereocenters. The quantitative estimate of drug-likeness (QED) is 0.829. The molecule has 0 bridgehead atoms. The van der Waals surface area contributed by atoms with E-state index in [-0.39, 0.29) is 6.04 Å². The molecule has 1 fully saturated rings. The van der Waals surface area contributed by atoms with Crippen LogP contribution >= 0.6 is 0 Å². The summed E-state index contributed by atoms with van der Waals surface area (Å²) in [4.78, 5) is 0.297. The predicted molar refractivity (Wildman–Crippen MR) is 78.9 cm³/mol. The van der Waals surface area contributed by atoms with Crippen LogP contribution in [0.2, 0.25) is 0 Å². The Bertz CT molecular complexity index is 566. The molecule has 1 aliphatic rings. The minimum absolute atomic E-state index is 0.0964. The van der Waals surface area contributed by atoms with Crippen molar-refractivity contribution in [2.45, 2.75) is 37.6 Å². The maximum Gasteiger partial charge on any atom is 0.241 e. The van der Waals surface area contributed by atoms with E-state index in [1.165, 1.54) is 0 Å². The lowest BCUT2D eigenvalue weighted by Crippen LogP contribution is -2.40. The number of aryl methyl sites for hydroxylation is 1. The lowest BCUT2D eigenvalue weighted by atomic mass is 9.94. The summed E-state index contributed by atoms with van der Waals surface area (Å²) in [5.41, 5.74) is 6.89. The lowest BCUT2D eigenvalue weighted by molar-refractivity contribution is 0.0585. The second kappa shape index (κ2) is 6.11. The van der Waals surface area contributed by atoms with Crippen molar-refractivity contribution >= 4 is 15.7 Å². The summed E-state index contributed by atoms with van der Waals surface area (Å²) in [6.45, 7) is 5.08. The van der Waals surface area contributed by atoms with Crippen molar-refractivity contribution in [3.8, 4) is 0 Å². The first kappa shape index (κ1) is 15.3. The molecule has 1 aromatic rings. The fourth-order valence-electron chi connectivity index (χ4n) is 2.59. The molecule has 1 aromatic carbocycles. The molecule has 2 rings (SSSR count). The summed E-state index contributed by atoms with van der Waals surface area (Å²) in [5.74, 6) is 0.326. The summed E-state index contributed by atoms with van der Waals surface area (Å²) in [6.07, 6.45) is 1.79. The molecular formula is C14H22N2O3S. The zero-order valence-electron chi connectivity index (χ0n) is 11.9. The smallest absolute Gasteiger partial charge is 0.241 e. The van der Waals surface area contributed by atoms with Crippen molar-refractivity contribution in [1.82, 2.24) is 4.72 Å². The van der Waals surface area contributed by atoms with Gasteiger partial charge in [0.1, 0.15) is 0 Å². The van der Waals surface area contributed by atoms with Crippen LogP contribution in [0.25, 0.3) is 0 Å². The average molecular weight is 298 g/mol. The topological polar surface area (TPSA) is 81.4 Å². The van der Waals surface area contributed by atoms with Gasteiger partial charge in [0.25, 0.3) is 0 Å². The van der Waals surface area contributed by atoms with Crippen LogP contribution in [0.3, 0.4) is 0 Å². The number of hydrogen-bond donors (Lipinski definition) is 2. The van der Waals surface area contributed by atoms with Gasteiger partial charge in [-0.25, -0.2) is 13.1 Å². The van der Waals surface area contributed by atoms with E-state index >= 15 is 0 Å². The maximum absolute atomic E-state index is 12.4. The Kier molecular flexibility index (Phi) is 4.67. The molecule has 0 spiro atoms. The van der Waals surface area contributed by atoms with Crippen LogP contribution in [0, 0.1) is 12.8 Å². The molecule has 0 saturated carbocycles. The van der Waals surface area contributed by atoms with E-state index in [1.54, 1.807) is 25.1 Å². The van der Waals surface area contributed by atoms with Crippen LogP contribution in [0.15, 0.2) is 23.1 Å². The predicted octanol–water partition coefficient (Wildman–Crippen LogP) is 1.67. The Hall–Kier alpha value is -1.11. The monoisotopic (exact) mass is 298 g/mol. The number of benzene rings is 1. The SMILES string of the molecule is Cc1cc(N)ccc1S(=O)(=O)NC(C)C1CCOCC1. The van der Waals surface area contributed by atoms with Crippen molar-refractivity contribution in [2.24, 2.45) is 5.92 Å². The number of rotatable bonds is 4. The van der Waals surface area contributed by atoms with Gasteiger partial charge in [-0.3, -0.25) is 0 Å². The fourth-order valence-corrected chi connectivity index (χ4v) is 4.13. The number of nitrogen functional groups attached to an aromatic ring is 1. The Balaban J connectivity index is 2.13. The number of sulfonamides is 1. The molecule has 0 aliphatic carbocycles. The van der Waals surface area contributed by atoms with Gasteiger partial charge < -0.3 is 10.5 Å². The van der Waals surface area contributed by atoms with Gasteiger partial charge in [-0.05, 0) is 56.4 Å². The third-order valence-corrected chi connectivity index (χ3v) is 5.52. The Morgan fingerprint density at radius 3 is 2.60 bits per heavy atom. The van der Waals surface area contributed by atoms with E-state index < -0.39 is 10.0 Å². The van der Waals surface area contributed by atoms with Crippen LogP contribution < -0.4 is 10.5 Å². The Morgan fingerprint density at radius 1 is 1.35 bits per heavy atom. The third-order valence-electron chi connectivity index (χ3n) is 3.80. The van der Waals surface area contributed by atoms with E-state index in [9.17, 15) is 8.42 Å². The summed E-state index contributed by atoms with van der Waals surface area (Å²) in [6, 6.07) is 4.75. The van der Waals surface area contributed by atoms with Gasteiger partial charge in [0, 0.05) is 24.9 Å². The zero-order valence-corrected chi connectivity index (χ0v) is 12.7. The molecule has 5 nitrogen and oxygen atoms in total. The number of nitrogens with one attached hydrogen (secondary N) is 1. The van der Waals surface area contributed by atoms with E-state index in [1.807, 2.05) is 6.92 Å². The second-order valence-electron chi connectivity index (χ2n) is 5.38. The van der Waals surface area contributed by atoms with Crippen LogP contribution in [-0.4, -0.2) is 27.7 Å². The number of hydrogen-bond acceptors (Lipinski definition) is 4. The number of ether oxygens (including phenoxy) is 1. The van der Waals surface area contributed by atoms with Crippen molar-refractivity contribution in [3.05, 3.63) is 23.8 Å². The highest BCUT2D eigenvalue weighted by Crippen LogP contribution is 2.22. The average Bonchev–Trinajstić information content (AvgIpc) is 2.38. The molecule has 0 aromatic heterocycles. The van der Waals surface area contributed by atoms with Crippen molar-refractivity contribution in [1.29, 1.82) is 0 Å². The molecule has 1 unspecified atom stereocenters. The molecule has 6 heteroatoms. The van der Waals surface area contributed by atoms with Crippen LogP contribution in [0.1, 0.15) is 25.3 Å². The van der Waals surface area contributed by atoms with Gasteiger partial charge in [0.15, 0.2) is 0 Å². The highest BCUT2D eigenvalue weighted by atomic mass is 32.2. The maximum atomic E-state index is 12.4. The molecule has 0 amide bonds. The number of nitrogens with two attached hydrogens (primary N) is 1. The molecule has 112 valence electrons. The minimum Gasteiger partial charge on any atom is -0.399 e. The van der Waals surface area contributed by atoms with Gasteiger partial charge >= 0.3 is 0 Å². The summed E-state index contributed by atoms with van der Waals surface area (Å²) < 4.78 is 33.0. The van der Waals surface area contributed by atoms with Crippen molar-refractivity contribution in [3.63, 3.8) is 0 Å². The van der Waals surface area contributed by atoms with Gasteiger partial charge in [0.2, 0.25) is 10.0 Å². The van der Waals surface area contributed by atoms with Crippen LogP contribution in [0.5, 0.6) is 0 Å². The normalized spacial score (nSPS) is 18.9. The molecule has 3 N–H and O–H groups in total. The minimum atomic E-state index is -3.50. The summed E-state index contributed by atoms with van der Waals surface area (Å²) in [7, 11) is -3.50. The third kappa shape index (κ3) is 3.50. The highest BCUT2D eigenvalue weighted by molar-refractivity contribution is 7.89. The van der Waals surface area contributed by atoms with Crippen LogP contribution in [0.4, 0.5) is 5.69 Å². The van der Waals surface area contributed by atoms with E-state index in [0.29, 0.717) is 35.3 Å². The summed E-state index contributed by atoms with van der Waals surface area (Å²) in [5, 5.41) is 0. The van der Waals surface area contributed by atoms with E-state index in [2.05, 4.69) is 4.72 Å². The van der Waals surface area contributed by atoms with Crippen molar-refractivity contribution < 1.29 is 13.2 Å². The van der Waals surface area contributed by atoms with Gasteiger partial charge in [-0.1, -0.05) is 0 Å². The summed E-state index contributed by atoms with van der Waals surface area (Å²) >= 11 is 0.